The van der Waals surface area contributed by atoms with Crippen LogP contribution in [0.25, 0.3) is 0 Å². The smallest absolute Gasteiger partial charge is 0.0562 e. The Balaban J connectivity index is 2.40. The minimum Gasteiger partial charge on any atom is -0.268 e. The van der Waals surface area contributed by atoms with Gasteiger partial charge >= 0.3 is 0 Å². The Kier molecular flexibility index (Phi) is 0.859. The molecule has 2 rings (SSSR count). The number of hydrogen-bond donors (Lipinski definition) is 0. The molecule has 0 bridgehead atoms. The average molecular weight is 118 g/mol. The van der Waals surface area contributed by atoms with E-state index in [1.807, 2.05) is 24.7 Å². The predicted molar refractivity (Wildman–Crippen MR) is 37.7 cm³/mol. The highest BCUT2D eigenvalue weighted by Crippen LogP contribution is 2.17. The quantitative estimate of drug-likeness (QED) is 0.456. The normalized spacial score (nSPS) is 28.4. The minimum absolute atomic E-state index is 0.356. The van der Waals surface area contributed by atoms with Crippen LogP contribution in [-0.4, -0.2) is 12.4 Å². The molecule has 44 valence electrons. The Hall–Kier alpha value is -1.18. The Morgan fingerprint density at radius 1 is 1.22 bits per heavy atom. The van der Waals surface area contributed by atoms with Gasteiger partial charge in [-0.2, -0.15) is 0 Å². The molecule has 0 aromatic rings. The van der Waals surface area contributed by atoms with Crippen LogP contribution in [0.5, 0.6) is 0 Å². The van der Waals surface area contributed by atoms with Crippen molar-refractivity contribution in [2.45, 2.75) is 0 Å². The molecule has 1 atom stereocenters. The first-order valence-electron chi connectivity index (χ1n) is 2.90. The molecule has 1 unspecified atom stereocenters. The third-order valence-corrected chi connectivity index (χ3v) is 1.45. The molecule has 0 N–H and O–H groups in total. The first-order valence-corrected chi connectivity index (χ1v) is 2.90. The fourth-order valence-corrected chi connectivity index (χ4v) is 0.944. The number of rotatable bonds is 0. The van der Waals surface area contributed by atoms with Gasteiger partial charge in [0.2, 0.25) is 0 Å². The molecule has 2 aliphatic rings. The van der Waals surface area contributed by atoms with E-state index in [2.05, 4.69) is 9.98 Å². The molecular weight excluding hydrogens is 112 g/mol. The van der Waals surface area contributed by atoms with Crippen molar-refractivity contribution in [1.82, 2.24) is 0 Å². The summed E-state index contributed by atoms with van der Waals surface area (Å²) in [6.45, 7) is 0. The van der Waals surface area contributed by atoms with Crippen molar-refractivity contribution in [2.75, 3.05) is 0 Å². The van der Waals surface area contributed by atoms with Gasteiger partial charge in [-0.15, -0.1) is 0 Å². The number of nitrogens with zero attached hydrogens (tertiary/aromatic N) is 2. The summed E-state index contributed by atoms with van der Waals surface area (Å²) in [6, 6.07) is 0. The van der Waals surface area contributed by atoms with Crippen molar-refractivity contribution < 1.29 is 0 Å². The van der Waals surface area contributed by atoms with E-state index in [-0.39, 0.29) is 0 Å². The first-order chi connectivity index (χ1) is 4.47. The zero-order valence-electron chi connectivity index (χ0n) is 4.86. The lowest BCUT2D eigenvalue weighted by molar-refractivity contribution is 1.18. The van der Waals surface area contributed by atoms with Crippen LogP contribution in [0.3, 0.4) is 0 Å². The Bertz CT molecular complexity index is 233. The average Bonchev–Trinajstić information content (AvgIpc) is 2.33. The lowest BCUT2D eigenvalue weighted by Crippen LogP contribution is -2.03. The van der Waals surface area contributed by atoms with E-state index in [9.17, 15) is 0 Å². The van der Waals surface area contributed by atoms with Crippen LogP contribution in [0.2, 0.25) is 0 Å². The fourth-order valence-electron chi connectivity index (χ4n) is 0.944. The topological polar surface area (TPSA) is 24.7 Å². The van der Waals surface area contributed by atoms with Gasteiger partial charge in [0, 0.05) is 24.8 Å². The molecule has 2 nitrogen and oxygen atoms in total. The van der Waals surface area contributed by atoms with Crippen LogP contribution < -0.4 is 0 Å². The maximum atomic E-state index is 4.00. The van der Waals surface area contributed by atoms with E-state index in [0.29, 0.717) is 5.92 Å². The molecular formula is C7H6N2. The maximum Gasteiger partial charge on any atom is 0.0562 e. The van der Waals surface area contributed by atoms with Gasteiger partial charge in [0.25, 0.3) is 0 Å². The summed E-state index contributed by atoms with van der Waals surface area (Å²) >= 11 is 0. The standard InChI is InChI=1S/C7H6N2/c1-2-8-4-7-5-9-3-6(1)7/h1-5,7H. The van der Waals surface area contributed by atoms with Gasteiger partial charge in [0.15, 0.2) is 0 Å². The molecule has 0 aromatic heterocycles. The van der Waals surface area contributed by atoms with E-state index >= 15 is 0 Å². The van der Waals surface area contributed by atoms with Gasteiger partial charge in [0.05, 0.1) is 5.92 Å². The van der Waals surface area contributed by atoms with E-state index in [1.54, 1.807) is 6.20 Å². The van der Waals surface area contributed by atoms with Crippen molar-refractivity contribution >= 4 is 12.4 Å². The number of allylic oxidation sites excluding steroid dienone is 2. The summed E-state index contributed by atoms with van der Waals surface area (Å²) in [7, 11) is 0. The molecule has 0 aromatic carbocycles. The van der Waals surface area contributed by atoms with Crippen LogP contribution >= 0.6 is 0 Å². The maximum absolute atomic E-state index is 4.00. The Morgan fingerprint density at radius 2 is 2.11 bits per heavy atom. The summed E-state index contributed by atoms with van der Waals surface area (Å²) in [6.07, 6.45) is 9.42. The third-order valence-electron chi connectivity index (χ3n) is 1.45. The molecule has 0 radical (unpaired) electrons. The molecule has 0 fully saturated rings. The van der Waals surface area contributed by atoms with Crippen molar-refractivity contribution in [1.29, 1.82) is 0 Å². The van der Waals surface area contributed by atoms with E-state index < -0.39 is 0 Å². The second kappa shape index (κ2) is 1.65. The van der Waals surface area contributed by atoms with Crippen molar-refractivity contribution in [3.63, 3.8) is 0 Å². The van der Waals surface area contributed by atoms with E-state index in [1.165, 1.54) is 5.57 Å². The van der Waals surface area contributed by atoms with Crippen molar-refractivity contribution in [3.8, 4) is 0 Å². The lowest BCUT2D eigenvalue weighted by atomic mass is 10.0. The summed E-state index contributed by atoms with van der Waals surface area (Å²) in [5.41, 5.74) is 1.24. The van der Waals surface area contributed by atoms with Gasteiger partial charge in [-0.25, -0.2) is 0 Å². The van der Waals surface area contributed by atoms with Gasteiger partial charge in [-0.3, -0.25) is 9.98 Å². The summed E-state index contributed by atoms with van der Waals surface area (Å²) in [5, 5.41) is 0. The molecule has 0 aliphatic carbocycles. The molecule has 9 heavy (non-hydrogen) atoms. The van der Waals surface area contributed by atoms with Gasteiger partial charge in [-0.05, 0) is 11.6 Å². The minimum atomic E-state index is 0.356. The van der Waals surface area contributed by atoms with Gasteiger partial charge in [-0.1, -0.05) is 0 Å². The molecule has 0 spiro atoms. The largest absolute Gasteiger partial charge is 0.268 e. The summed E-state index contributed by atoms with van der Waals surface area (Å²) < 4.78 is 0. The Labute approximate surface area is 53.3 Å². The fraction of sp³-hybridized carbons (Fsp3) is 0.143. The molecule has 2 heteroatoms. The molecule has 0 saturated carbocycles. The highest BCUT2D eigenvalue weighted by molar-refractivity contribution is 5.91. The molecule has 0 amide bonds. The molecule has 2 aliphatic heterocycles. The second-order valence-corrected chi connectivity index (χ2v) is 2.07. The van der Waals surface area contributed by atoms with E-state index in [0.717, 1.165) is 0 Å². The van der Waals surface area contributed by atoms with Gasteiger partial charge < -0.3 is 0 Å². The van der Waals surface area contributed by atoms with Crippen LogP contribution in [0.15, 0.2) is 34.0 Å². The monoisotopic (exact) mass is 118 g/mol. The zero-order chi connectivity index (χ0) is 6.10. The zero-order valence-corrected chi connectivity index (χ0v) is 4.86. The van der Waals surface area contributed by atoms with Gasteiger partial charge in [0.1, 0.15) is 0 Å². The number of fused-ring (bicyclic) bond motifs is 1. The van der Waals surface area contributed by atoms with Crippen LogP contribution in [0, 0.1) is 5.92 Å². The second-order valence-electron chi connectivity index (χ2n) is 2.07. The number of hydrogen-bond acceptors (Lipinski definition) is 2. The van der Waals surface area contributed by atoms with Crippen LogP contribution in [0.1, 0.15) is 0 Å². The van der Waals surface area contributed by atoms with E-state index in [4.69, 9.17) is 0 Å². The highest BCUT2D eigenvalue weighted by Gasteiger charge is 2.12. The lowest BCUT2D eigenvalue weighted by Gasteiger charge is -2.03. The third kappa shape index (κ3) is 0.633. The van der Waals surface area contributed by atoms with Crippen molar-refractivity contribution in [3.05, 3.63) is 24.0 Å². The summed E-state index contributed by atoms with van der Waals surface area (Å²) in [5.74, 6) is 0.356. The predicted octanol–water partition coefficient (Wildman–Crippen LogP) is 1.17. The number of aliphatic imine (C=N–C) groups is 2. The summed E-state index contributed by atoms with van der Waals surface area (Å²) in [4.78, 5) is 7.98. The van der Waals surface area contributed by atoms with Crippen LogP contribution in [0.4, 0.5) is 0 Å². The molecule has 2 heterocycles. The SMILES string of the molecule is C1=CC2=CN=CC2C=N1. The first kappa shape index (κ1) is 4.68. The highest BCUT2D eigenvalue weighted by atomic mass is 14.8. The Morgan fingerprint density at radius 3 is 3.00 bits per heavy atom. The van der Waals surface area contributed by atoms with Crippen molar-refractivity contribution in [2.24, 2.45) is 15.9 Å². The molecule has 0 saturated heterocycles. The van der Waals surface area contributed by atoms with Crippen LogP contribution in [-0.2, 0) is 0 Å².